The van der Waals surface area contributed by atoms with Crippen molar-refractivity contribution in [3.8, 4) is 5.75 Å². The van der Waals surface area contributed by atoms with Crippen LogP contribution in [0.25, 0.3) is 0 Å². The van der Waals surface area contributed by atoms with E-state index in [4.69, 9.17) is 27.9 Å². The first-order valence-electron chi connectivity index (χ1n) is 9.59. The Kier molecular flexibility index (Phi) is 9.33. The molecule has 8 nitrogen and oxygen atoms in total. The third-order valence-electron chi connectivity index (χ3n) is 4.61. The van der Waals surface area contributed by atoms with E-state index in [0.717, 1.165) is 6.26 Å². The number of carboxylic acid groups (broad SMARTS) is 1. The van der Waals surface area contributed by atoms with Crippen LogP contribution in [0, 0.1) is 0 Å². The molecule has 0 bridgehead atoms. The average molecular weight is 503 g/mol. The number of amides is 1. The minimum absolute atomic E-state index is 0.0207. The third kappa shape index (κ3) is 7.67. The molecule has 11 heteroatoms. The molecule has 0 aliphatic carbocycles. The maximum absolute atomic E-state index is 12.5. The fourth-order valence-electron chi connectivity index (χ4n) is 2.75. The van der Waals surface area contributed by atoms with Crippen LogP contribution in [0.1, 0.15) is 22.3 Å². The molecule has 0 radical (unpaired) electrons. The van der Waals surface area contributed by atoms with E-state index in [0.29, 0.717) is 30.9 Å². The Hall–Kier alpha value is -2.33. The Bertz CT molecular complexity index is 1040. The molecule has 2 N–H and O–H groups in total. The maximum atomic E-state index is 12.5. The highest BCUT2D eigenvalue weighted by Crippen LogP contribution is 2.24. The Labute approximate surface area is 197 Å². The van der Waals surface area contributed by atoms with Crippen LogP contribution in [0.3, 0.4) is 0 Å². The summed E-state index contributed by atoms with van der Waals surface area (Å²) >= 11 is 12.0. The smallest absolute Gasteiger partial charge is 0.326 e. The van der Waals surface area contributed by atoms with Crippen LogP contribution < -0.4 is 10.1 Å². The number of carboxylic acids is 1. The molecule has 0 saturated carbocycles. The van der Waals surface area contributed by atoms with Crippen LogP contribution >= 0.6 is 23.2 Å². The van der Waals surface area contributed by atoms with Gasteiger partial charge in [-0.1, -0.05) is 41.4 Å². The van der Waals surface area contributed by atoms with Gasteiger partial charge < -0.3 is 15.2 Å². The van der Waals surface area contributed by atoms with Crippen LogP contribution in [0.2, 0.25) is 10.0 Å². The minimum Gasteiger partial charge on any atom is -0.494 e. The van der Waals surface area contributed by atoms with Crippen molar-refractivity contribution in [3.63, 3.8) is 0 Å². The second-order valence-electron chi connectivity index (χ2n) is 7.10. The normalized spacial score (nSPS) is 12.4. The number of carbonyl (C=O) groups is 2. The van der Waals surface area contributed by atoms with Crippen LogP contribution in [-0.4, -0.2) is 62.2 Å². The molecule has 0 aliphatic rings. The van der Waals surface area contributed by atoms with Crippen molar-refractivity contribution in [1.82, 2.24) is 9.62 Å². The minimum atomic E-state index is -3.22. The highest BCUT2D eigenvalue weighted by atomic mass is 35.5. The van der Waals surface area contributed by atoms with Crippen molar-refractivity contribution in [2.24, 2.45) is 0 Å². The summed E-state index contributed by atoms with van der Waals surface area (Å²) < 4.78 is 29.5. The van der Waals surface area contributed by atoms with E-state index >= 15 is 0 Å². The van der Waals surface area contributed by atoms with E-state index in [2.05, 4.69) is 5.32 Å². The number of ether oxygens (including phenoxy) is 1. The zero-order valence-electron chi connectivity index (χ0n) is 17.5. The van der Waals surface area contributed by atoms with Gasteiger partial charge in [-0.05, 0) is 36.2 Å². The lowest BCUT2D eigenvalue weighted by molar-refractivity contribution is -0.139. The fourth-order valence-corrected chi connectivity index (χ4v) is 3.78. The van der Waals surface area contributed by atoms with Gasteiger partial charge in [0, 0.05) is 20.0 Å². The number of nitrogens with zero attached hydrogens (tertiary/aromatic N) is 1. The molecule has 0 saturated heterocycles. The van der Waals surface area contributed by atoms with Gasteiger partial charge >= 0.3 is 5.97 Å². The van der Waals surface area contributed by atoms with E-state index in [-0.39, 0.29) is 22.0 Å². The van der Waals surface area contributed by atoms with Crippen LogP contribution in [0.15, 0.2) is 42.5 Å². The number of rotatable bonds is 11. The van der Waals surface area contributed by atoms with Gasteiger partial charge in [0.15, 0.2) is 0 Å². The molecule has 174 valence electrons. The van der Waals surface area contributed by atoms with Crippen LogP contribution in [-0.2, 0) is 21.2 Å². The lowest BCUT2D eigenvalue weighted by Gasteiger charge is -2.16. The number of halogens is 2. The van der Waals surface area contributed by atoms with Crippen LogP contribution in [0.5, 0.6) is 5.75 Å². The highest BCUT2D eigenvalue weighted by molar-refractivity contribution is 7.88. The van der Waals surface area contributed by atoms with E-state index in [1.54, 1.807) is 30.3 Å². The van der Waals surface area contributed by atoms with E-state index in [1.165, 1.54) is 23.5 Å². The molecule has 0 aliphatic heterocycles. The largest absolute Gasteiger partial charge is 0.494 e. The number of sulfonamides is 1. The summed E-state index contributed by atoms with van der Waals surface area (Å²) in [5.41, 5.74) is 0.694. The number of aliphatic carboxylic acids is 1. The summed E-state index contributed by atoms with van der Waals surface area (Å²) in [4.78, 5) is 24.2. The SMILES string of the molecule is CN(CCCOc1ccc(C[C@H](NC(=O)c2c(Cl)cccc2Cl)C(=O)O)cc1)S(C)(=O)=O. The van der Waals surface area contributed by atoms with E-state index < -0.39 is 27.9 Å². The summed E-state index contributed by atoms with van der Waals surface area (Å²) in [6.07, 6.45) is 1.70. The van der Waals surface area contributed by atoms with Crippen molar-refractivity contribution in [1.29, 1.82) is 0 Å². The van der Waals surface area contributed by atoms with Crippen molar-refractivity contribution in [2.45, 2.75) is 18.9 Å². The number of hydrogen-bond donors (Lipinski definition) is 2. The Morgan fingerprint density at radius 1 is 1.12 bits per heavy atom. The number of benzene rings is 2. The standard InChI is InChI=1S/C21H24Cl2N2O6S/c1-25(32(2,29)30)11-4-12-31-15-9-7-14(8-10-15)13-18(21(27)28)24-20(26)19-16(22)5-3-6-17(19)23/h3,5-10,18H,4,11-13H2,1-2H3,(H,24,26)(H,27,28)/t18-/m0/s1. The van der Waals surface area contributed by atoms with Crippen molar-refractivity contribution >= 4 is 45.1 Å². The van der Waals surface area contributed by atoms with Gasteiger partial charge in [-0.2, -0.15) is 0 Å². The molecule has 32 heavy (non-hydrogen) atoms. The molecule has 2 aromatic rings. The number of carbonyl (C=O) groups excluding carboxylic acids is 1. The maximum Gasteiger partial charge on any atom is 0.326 e. The lowest BCUT2D eigenvalue weighted by Crippen LogP contribution is -2.42. The monoisotopic (exact) mass is 502 g/mol. The van der Waals surface area contributed by atoms with Gasteiger partial charge in [-0.15, -0.1) is 0 Å². The van der Waals surface area contributed by atoms with Gasteiger partial charge in [0.25, 0.3) is 5.91 Å². The predicted molar refractivity (Wildman–Crippen MR) is 123 cm³/mol. The summed E-state index contributed by atoms with van der Waals surface area (Å²) in [6.45, 7) is 0.665. The Morgan fingerprint density at radius 2 is 1.72 bits per heavy atom. The first-order chi connectivity index (χ1) is 15.0. The number of nitrogens with one attached hydrogen (secondary N) is 1. The summed E-state index contributed by atoms with van der Waals surface area (Å²) in [7, 11) is -1.72. The van der Waals surface area contributed by atoms with E-state index in [1.807, 2.05) is 0 Å². The zero-order chi connectivity index (χ0) is 23.9. The average Bonchev–Trinajstić information content (AvgIpc) is 2.70. The second kappa shape index (κ2) is 11.5. The molecule has 2 aromatic carbocycles. The van der Waals surface area contributed by atoms with Crippen LogP contribution in [0.4, 0.5) is 0 Å². The molecule has 0 aromatic heterocycles. The van der Waals surface area contributed by atoms with Gasteiger partial charge in [-0.3, -0.25) is 4.79 Å². The molecular formula is C21H24Cl2N2O6S. The fraction of sp³-hybridized carbons (Fsp3) is 0.333. The Morgan fingerprint density at radius 3 is 2.25 bits per heavy atom. The van der Waals surface area contributed by atoms with Gasteiger partial charge in [-0.25, -0.2) is 17.5 Å². The number of hydrogen-bond acceptors (Lipinski definition) is 5. The van der Waals surface area contributed by atoms with E-state index in [9.17, 15) is 23.1 Å². The Balaban J connectivity index is 1.93. The molecule has 2 rings (SSSR count). The second-order valence-corrected chi connectivity index (χ2v) is 10.00. The molecule has 0 fully saturated rings. The quantitative estimate of drug-likeness (QED) is 0.456. The summed E-state index contributed by atoms with van der Waals surface area (Å²) in [6, 6.07) is 10.1. The van der Waals surface area contributed by atoms with Crippen molar-refractivity contribution in [3.05, 3.63) is 63.6 Å². The molecule has 1 amide bonds. The summed E-state index contributed by atoms with van der Waals surface area (Å²) in [5.74, 6) is -1.31. The zero-order valence-corrected chi connectivity index (χ0v) is 19.9. The predicted octanol–water partition coefficient (Wildman–Crippen LogP) is 3.08. The van der Waals surface area contributed by atoms with Gasteiger partial charge in [0.1, 0.15) is 11.8 Å². The van der Waals surface area contributed by atoms with Crippen molar-refractivity contribution < 1.29 is 27.9 Å². The molecule has 0 heterocycles. The third-order valence-corrected chi connectivity index (χ3v) is 6.55. The van der Waals surface area contributed by atoms with Gasteiger partial charge in [0.2, 0.25) is 10.0 Å². The first kappa shape index (κ1) is 25.9. The molecule has 1 atom stereocenters. The van der Waals surface area contributed by atoms with Crippen molar-refractivity contribution in [2.75, 3.05) is 26.5 Å². The summed E-state index contributed by atoms with van der Waals surface area (Å²) in [5, 5.41) is 12.2. The molecule has 0 spiro atoms. The first-order valence-corrected chi connectivity index (χ1v) is 12.2. The lowest BCUT2D eigenvalue weighted by atomic mass is 10.1. The highest BCUT2D eigenvalue weighted by Gasteiger charge is 2.23. The topological polar surface area (TPSA) is 113 Å². The molecular weight excluding hydrogens is 479 g/mol. The van der Waals surface area contributed by atoms with Gasteiger partial charge in [0.05, 0.1) is 28.5 Å². The molecule has 0 unspecified atom stereocenters.